The zero-order valence-electron chi connectivity index (χ0n) is 9.03. The van der Waals surface area contributed by atoms with Crippen molar-refractivity contribution in [3.63, 3.8) is 0 Å². The highest BCUT2D eigenvalue weighted by Gasteiger charge is 2.20. The molecule has 0 bridgehead atoms. The van der Waals surface area contributed by atoms with E-state index in [2.05, 4.69) is 5.32 Å². The Morgan fingerprint density at radius 3 is 2.93 bits per heavy atom. The van der Waals surface area contributed by atoms with Crippen molar-refractivity contribution in [2.24, 2.45) is 0 Å². The van der Waals surface area contributed by atoms with Gasteiger partial charge in [-0.2, -0.15) is 0 Å². The monoisotopic (exact) mass is 214 g/mol. The van der Waals surface area contributed by atoms with Crippen LogP contribution in [-0.4, -0.2) is 47.6 Å². The molecule has 0 saturated carbocycles. The summed E-state index contributed by atoms with van der Waals surface area (Å²) in [5.41, 5.74) is 0. The van der Waals surface area contributed by atoms with Gasteiger partial charge >= 0.3 is 0 Å². The molecule has 5 nitrogen and oxygen atoms in total. The van der Waals surface area contributed by atoms with Crippen LogP contribution in [0.3, 0.4) is 0 Å². The first-order chi connectivity index (χ1) is 7.09. The van der Waals surface area contributed by atoms with Crippen molar-refractivity contribution in [2.45, 2.75) is 32.3 Å². The largest absolute Gasteiger partial charge is 0.392 e. The maximum atomic E-state index is 11.4. The zero-order chi connectivity index (χ0) is 11.3. The molecule has 15 heavy (non-hydrogen) atoms. The van der Waals surface area contributed by atoms with Crippen LogP contribution < -0.4 is 5.32 Å². The summed E-state index contributed by atoms with van der Waals surface area (Å²) < 4.78 is 0. The third kappa shape index (κ3) is 4.29. The second-order valence-electron chi connectivity index (χ2n) is 3.93. The molecule has 1 fully saturated rings. The van der Waals surface area contributed by atoms with Crippen LogP contribution in [-0.2, 0) is 9.59 Å². The van der Waals surface area contributed by atoms with Crippen LogP contribution >= 0.6 is 0 Å². The van der Waals surface area contributed by atoms with Gasteiger partial charge in [0, 0.05) is 19.5 Å². The Balaban J connectivity index is 2.27. The number of likely N-dealkylation sites (tertiary alicyclic amines) is 1. The first-order valence-corrected chi connectivity index (χ1v) is 5.32. The number of nitrogens with one attached hydrogen (secondary N) is 1. The number of hydrogen-bond acceptors (Lipinski definition) is 3. The minimum atomic E-state index is -0.550. The summed E-state index contributed by atoms with van der Waals surface area (Å²) in [5.74, 6) is -0.153. The van der Waals surface area contributed by atoms with E-state index in [1.54, 1.807) is 11.8 Å². The van der Waals surface area contributed by atoms with E-state index in [4.69, 9.17) is 5.11 Å². The van der Waals surface area contributed by atoms with Crippen LogP contribution in [0.2, 0.25) is 0 Å². The Hall–Kier alpha value is -1.10. The SMILES string of the molecule is CC(O)CNC(=O)CN1CCCCC1=O. The molecule has 1 unspecified atom stereocenters. The van der Waals surface area contributed by atoms with E-state index < -0.39 is 6.10 Å². The highest BCUT2D eigenvalue weighted by Crippen LogP contribution is 2.09. The highest BCUT2D eigenvalue weighted by molar-refractivity contribution is 5.85. The molecule has 0 spiro atoms. The smallest absolute Gasteiger partial charge is 0.239 e. The summed E-state index contributed by atoms with van der Waals surface area (Å²) in [4.78, 5) is 24.3. The Bertz CT molecular complexity index is 241. The number of carbonyl (C=O) groups is 2. The third-order valence-corrected chi connectivity index (χ3v) is 2.35. The molecular formula is C10H18N2O3. The number of amides is 2. The summed E-state index contributed by atoms with van der Waals surface area (Å²) >= 11 is 0. The van der Waals surface area contributed by atoms with Crippen LogP contribution in [0, 0.1) is 0 Å². The zero-order valence-corrected chi connectivity index (χ0v) is 9.03. The molecule has 1 heterocycles. The first kappa shape index (κ1) is 12.0. The molecular weight excluding hydrogens is 196 g/mol. The first-order valence-electron chi connectivity index (χ1n) is 5.32. The lowest BCUT2D eigenvalue weighted by molar-refractivity contribution is -0.137. The topological polar surface area (TPSA) is 69.6 Å². The number of aliphatic hydroxyl groups is 1. The van der Waals surface area contributed by atoms with Gasteiger partial charge in [0.25, 0.3) is 0 Å². The van der Waals surface area contributed by atoms with Crippen LogP contribution in [0.4, 0.5) is 0 Å². The normalized spacial score (nSPS) is 18.8. The number of hydrogen-bond donors (Lipinski definition) is 2. The molecule has 0 aliphatic carbocycles. The van der Waals surface area contributed by atoms with Crippen molar-refractivity contribution in [3.8, 4) is 0 Å². The number of carbonyl (C=O) groups excluding carboxylic acids is 2. The molecule has 0 radical (unpaired) electrons. The quantitative estimate of drug-likeness (QED) is 0.662. The lowest BCUT2D eigenvalue weighted by atomic mass is 10.1. The maximum Gasteiger partial charge on any atom is 0.239 e. The minimum absolute atomic E-state index is 0.0495. The van der Waals surface area contributed by atoms with Gasteiger partial charge in [0.1, 0.15) is 0 Å². The van der Waals surface area contributed by atoms with E-state index in [0.717, 1.165) is 12.8 Å². The molecule has 1 aliphatic rings. The van der Waals surface area contributed by atoms with Crippen molar-refractivity contribution in [1.82, 2.24) is 10.2 Å². The van der Waals surface area contributed by atoms with E-state index in [1.807, 2.05) is 0 Å². The summed E-state index contributed by atoms with van der Waals surface area (Å²) in [6.07, 6.45) is 1.88. The molecule has 1 rings (SSSR count). The average molecular weight is 214 g/mol. The predicted octanol–water partition coefficient (Wildman–Crippen LogP) is -0.504. The molecule has 2 amide bonds. The van der Waals surface area contributed by atoms with Crippen molar-refractivity contribution in [3.05, 3.63) is 0 Å². The Morgan fingerprint density at radius 1 is 1.60 bits per heavy atom. The molecule has 0 aromatic heterocycles. The number of nitrogens with zero attached hydrogens (tertiary/aromatic N) is 1. The summed E-state index contributed by atoms with van der Waals surface area (Å²) in [6.45, 7) is 2.62. The second kappa shape index (κ2) is 5.70. The van der Waals surface area contributed by atoms with Crippen molar-refractivity contribution < 1.29 is 14.7 Å². The van der Waals surface area contributed by atoms with Gasteiger partial charge in [0.05, 0.1) is 12.6 Å². The fourth-order valence-electron chi connectivity index (χ4n) is 1.52. The molecule has 2 N–H and O–H groups in total. The molecule has 1 saturated heterocycles. The van der Waals surface area contributed by atoms with Crippen molar-refractivity contribution >= 4 is 11.8 Å². The fraction of sp³-hybridized carbons (Fsp3) is 0.800. The second-order valence-corrected chi connectivity index (χ2v) is 3.93. The Labute approximate surface area is 89.4 Å². The number of aliphatic hydroxyl groups excluding tert-OH is 1. The molecule has 1 aliphatic heterocycles. The van der Waals surface area contributed by atoms with Crippen molar-refractivity contribution in [2.75, 3.05) is 19.6 Å². The highest BCUT2D eigenvalue weighted by atomic mass is 16.3. The van der Waals surface area contributed by atoms with E-state index in [1.165, 1.54) is 0 Å². The average Bonchev–Trinajstić information content (AvgIpc) is 2.18. The van der Waals surface area contributed by atoms with Crippen LogP contribution in [0.1, 0.15) is 26.2 Å². The van der Waals surface area contributed by atoms with E-state index in [9.17, 15) is 9.59 Å². The Morgan fingerprint density at radius 2 is 2.33 bits per heavy atom. The van der Waals surface area contributed by atoms with Crippen LogP contribution in [0.5, 0.6) is 0 Å². The van der Waals surface area contributed by atoms with E-state index in [0.29, 0.717) is 13.0 Å². The van der Waals surface area contributed by atoms with Crippen molar-refractivity contribution in [1.29, 1.82) is 0 Å². The molecule has 5 heteroatoms. The van der Waals surface area contributed by atoms with Gasteiger partial charge in [-0.15, -0.1) is 0 Å². The standard InChI is InChI=1S/C10H18N2O3/c1-8(13)6-11-9(14)7-12-5-3-2-4-10(12)15/h8,13H,2-7H2,1H3,(H,11,14). The maximum absolute atomic E-state index is 11.4. The van der Waals surface area contributed by atoms with Crippen LogP contribution in [0.25, 0.3) is 0 Å². The lowest BCUT2D eigenvalue weighted by Crippen LogP contribution is -2.44. The molecule has 86 valence electrons. The van der Waals surface area contributed by atoms with Gasteiger partial charge in [-0.25, -0.2) is 0 Å². The van der Waals surface area contributed by atoms with Gasteiger partial charge in [0.2, 0.25) is 11.8 Å². The van der Waals surface area contributed by atoms with Gasteiger partial charge < -0.3 is 15.3 Å². The summed E-state index contributed by atoms with van der Waals surface area (Å²) in [5, 5.41) is 11.5. The molecule has 0 aromatic carbocycles. The van der Waals surface area contributed by atoms with Crippen LogP contribution in [0.15, 0.2) is 0 Å². The minimum Gasteiger partial charge on any atom is -0.392 e. The fourth-order valence-corrected chi connectivity index (χ4v) is 1.52. The van der Waals surface area contributed by atoms with E-state index >= 15 is 0 Å². The van der Waals surface area contributed by atoms with E-state index in [-0.39, 0.29) is 24.9 Å². The van der Waals surface area contributed by atoms with Gasteiger partial charge in [-0.1, -0.05) is 0 Å². The number of piperidine rings is 1. The summed E-state index contributed by atoms with van der Waals surface area (Å²) in [7, 11) is 0. The Kier molecular flexibility index (Phi) is 4.55. The number of rotatable bonds is 4. The molecule has 0 aromatic rings. The third-order valence-electron chi connectivity index (χ3n) is 2.35. The molecule has 1 atom stereocenters. The lowest BCUT2D eigenvalue weighted by Gasteiger charge is -2.26. The predicted molar refractivity (Wildman–Crippen MR) is 55.1 cm³/mol. The summed E-state index contributed by atoms with van der Waals surface area (Å²) in [6, 6.07) is 0. The van der Waals surface area contributed by atoms with Gasteiger partial charge in [-0.3, -0.25) is 9.59 Å². The van der Waals surface area contributed by atoms with Gasteiger partial charge in [-0.05, 0) is 19.8 Å². The van der Waals surface area contributed by atoms with Gasteiger partial charge in [0.15, 0.2) is 0 Å².